The Morgan fingerprint density at radius 3 is 2.48 bits per heavy atom. The van der Waals surface area contributed by atoms with Crippen LogP contribution in [0.5, 0.6) is 0 Å². The smallest absolute Gasteiger partial charge is 0.227 e. The van der Waals surface area contributed by atoms with Gasteiger partial charge in [-0.2, -0.15) is 0 Å². The van der Waals surface area contributed by atoms with Crippen LogP contribution >= 0.6 is 15.9 Å². The van der Waals surface area contributed by atoms with Crippen molar-refractivity contribution in [2.75, 3.05) is 11.4 Å². The molecule has 2 heterocycles. The van der Waals surface area contributed by atoms with Crippen LogP contribution in [0.4, 0.5) is 5.69 Å². The lowest BCUT2D eigenvalue weighted by Gasteiger charge is -2.18. The van der Waals surface area contributed by atoms with E-state index < -0.39 is 0 Å². The Balaban J connectivity index is 1.54. The van der Waals surface area contributed by atoms with Gasteiger partial charge in [0.25, 0.3) is 0 Å². The number of halogens is 1. The number of nitrogens with zero attached hydrogens (tertiary/aromatic N) is 3. The van der Waals surface area contributed by atoms with Crippen LogP contribution in [0.1, 0.15) is 23.7 Å². The lowest BCUT2D eigenvalue weighted by molar-refractivity contribution is -0.117. The predicted molar refractivity (Wildman–Crippen MR) is 119 cm³/mol. The summed E-state index contributed by atoms with van der Waals surface area (Å²) in [6.07, 6.45) is 0.472. The van der Waals surface area contributed by atoms with Crippen LogP contribution in [0.2, 0.25) is 0 Å². The van der Waals surface area contributed by atoms with E-state index in [-0.39, 0.29) is 11.8 Å². The van der Waals surface area contributed by atoms with Crippen LogP contribution in [0.3, 0.4) is 0 Å². The fourth-order valence-electron chi connectivity index (χ4n) is 4.12. The molecule has 5 heteroatoms. The maximum absolute atomic E-state index is 12.9. The standard InChI is InChI=1S/C24H20BrN3O/c25-19-10-4-6-12-21(19)27-16-18(14-23(27)29)24-26-20-11-5-7-13-22(20)28(24)15-17-8-2-1-3-9-17/h1-13,18H,14-16H2. The van der Waals surface area contributed by atoms with E-state index in [0.717, 1.165) is 33.6 Å². The van der Waals surface area contributed by atoms with Gasteiger partial charge >= 0.3 is 0 Å². The lowest BCUT2D eigenvalue weighted by Crippen LogP contribution is -2.25. The van der Waals surface area contributed by atoms with E-state index >= 15 is 0 Å². The first kappa shape index (κ1) is 18.1. The summed E-state index contributed by atoms with van der Waals surface area (Å²) in [6.45, 7) is 1.38. The van der Waals surface area contributed by atoms with Crippen molar-refractivity contribution in [3.05, 3.63) is 94.7 Å². The van der Waals surface area contributed by atoms with Crippen molar-refractivity contribution >= 4 is 38.6 Å². The summed E-state index contributed by atoms with van der Waals surface area (Å²) in [5, 5.41) is 0. The number of carbonyl (C=O) groups excluding carboxylic acids is 1. The molecule has 5 rings (SSSR count). The number of anilines is 1. The summed E-state index contributed by atoms with van der Waals surface area (Å²) in [6, 6.07) is 26.5. The molecule has 144 valence electrons. The second-order valence-corrected chi connectivity index (χ2v) is 8.24. The number of hydrogen-bond donors (Lipinski definition) is 0. The molecule has 1 saturated heterocycles. The van der Waals surface area contributed by atoms with Crippen molar-refractivity contribution in [3.63, 3.8) is 0 Å². The molecule has 4 aromatic rings. The maximum atomic E-state index is 12.9. The molecule has 0 aliphatic carbocycles. The summed E-state index contributed by atoms with van der Waals surface area (Å²) in [5.41, 5.74) is 4.23. The molecule has 1 aromatic heterocycles. The molecule has 0 bridgehead atoms. The van der Waals surface area contributed by atoms with E-state index in [1.54, 1.807) is 0 Å². The average molecular weight is 446 g/mol. The molecule has 4 nitrogen and oxygen atoms in total. The minimum absolute atomic E-state index is 0.0609. The van der Waals surface area contributed by atoms with Crippen LogP contribution in [-0.4, -0.2) is 22.0 Å². The van der Waals surface area contributed by atoms with Gasteiger partial charge in [-0.3, -0.25) is 4.79 Å². The minimum atomic E-state index is 0.0609. The van der Waals surface area contributed by atoms with E-state index in [4.69, 9.17) is 4.98 Å². The number of benzene rings is 3. The molecule has 0 spiro atoms. The van der Waals surface area contributed by atoms with Gasteiger partial charge in [0.05, 0.1) is 16.7 Å². The fraction of sp³-hybridized carbons (Fsp3) is 0.167. The molecule has 29 heavy (non-hydrogen) atoms. The molecular weight excluding hydrogens is 426 g/mol. The predicted octanol–water partition coefficient (Wildman–Crippen LogP) is 5.37. The van der Waals surface area contributed by atoms with Crippen molar-refractivity contribution in [1.82, 2.24) is 9.55 Å². The van der Waals surface area contributed by atoms with E-state index in [1.165, 1.54) is 5.56 Å². The van der Waals surface area contributed by atoms with Crippen LogP contribution in [0, 0.1) is 0 Å². The summed E-state index contributed by atoms with van der Waals surface area (Å²) >= 11 is 3.58. The largest absolute Gasteiger partial charge is 0.323 e. The van der Waals surface area contributed by atoms with Gasteiger partial charge < -0.3 is 9.47 Å². The Morgan fingerprint density at radius 1 is 0.931 bits per heavy atom. The zero-order valence-corrected chi connectivity index (χ0v) is 17.4. The summed E-state index contributed by atoms with van der Waals surface area (Å²) in [5.74, 6) is 1.18. The first-order chi connectivity index (χ1) is 14.2. The van der Waals surface area contributed by atoms with Crippen LogP contribution in [0.25, 0.3) is 11.0 Å². The third-order valence-electron chi connectivity index (χ3n) is 5.50. The molecule has 1 aliphatic rings. The summed E-state index contributed by atoms with van der Waals surface area (Å²) in [4.78, 5) is 19.7. The third kappa shape index (κ3) is 3.36. The number of imidazole rings is 1. The van der Waals surface area contributed by atoms with Crippen molar-refractivity contribution in [2.45, 2.75) is 18.9 Å². The van der Waals surface area contributed by atoms with Crippen molar-refractivity contribution < 1.29 is 4.79 Å². The summed E-state index contributed by atoms with van der Waals surface area (Å²) in [7, 11) is 0. The maximum Gasteiger partial charge on any atom is 0.227 e. The van der Waals surface area contributed by atoms with Crippen LogP contribution in [-0.2, 0) is 11.3 Å². The van der Waals surface area contributed by atoms with E-state index in [1.807, 2.05) is 53.4 Å². The normalized spacial score (nSPS) is 16.7. The molecule has 1 amide bonds. The monoisotopic (exact) mass is 445 g/mol. The van der Waals surface area contributed by atoms with Gasteiger partial charge in [-0.15, -0.1) is 0 Å². The zero-order valence-electron chi connectivity index (χ0n) is 15.8. The highest BCUT2D eigenvalue weighted by molar-refractivity contribution is 9.10. The molecule has 1 atom stereocenters. The number of hydrogen-bond acceptors (Lipinski definition) is 2. The molecule has 0 radical (unpaired) electrons. The highest BCUT2D eigenvalue weighted by Gasteiger charge is 2.35. The molecule has 1 aliphatic heterocycles. The van der Waals surface area contributed by atoms with Crippen molar-refractivity contribution in [2.24, 2.45) is 0 Å². The third-order valence-corrected chi connectivity index (χ3v) is 6.17. The number of carbonyl (C=O) groups is 1. The number of amides is 1. The minimum Gasteiger partial charge on any atom is -0.323 e. The van der Waals surface area contributed by atoms with Crippen LogP contribution in [0.15, 0.2) is 83.3 Å². The molecule has 3 aromatic carbocycles. The molecule has 1 fully saturated rings. The molecule has 1 unspecified atom stereocenters. The van der Waals surface area contributed by atoms with E-state index in [9.17, 15) is 4.79 Å². The first-order valence-electron chi connectivity index (χ1n) is 9.74. The van der Waals surface area contributed by atoms with E-state index in [2.05, 4.69) is 50.8 Å². The Bertz CT molecular complexity index is 1190. The molecule has 0 N–H and O–H groups in total. The SMILES string of the molecule is O=C1CC(c2nc3ccccc3n2Cc2ccccc2)CN1c1ccccc1Br. The van der Waals surface area contributed by atoms with Gasteiger partial charge in [-0.05, 0) is 45.8 Å². The quantitative estimate of drug-likeness (QED) is 0.423. The average Bonchev–Trinajstić information content (AvgIpc) is 3.30. The first-order valence-corrected chi connectivity index (χ1v) is 10.5. The highest BCUT2D eigenvalue weighted by atomic mass is 79.9. The van der Waals surface area contributed by atoms with Crippen molar-refractivity contribution in [3.8, 4) is 0 Å². The van der Waals surface area contributed by atoms with Gasteiger partial charge in [-0.25, -0.2) is 4.98 Å². The van der Waals surface area contributed by atoms with Crippen LogP contribution < -0.4 is 4.90 Å². The molecular formula is C24H20BrN3O. The van der Waals surface area contributed by atoms with Crippen molar-refractivity contribution in [1.29, 1.82) is 0 Å². The van der Waals surface area contributed by atoms with Gasteiger partial charge in [0, 0.05) is 29.9 Å². The van der Waals surface area contributed by atoms with Gasteiger partial charge in [0.15, 0.2) is 0 Å². The molecule has 0 saturated carbocycles. The fourth-order valence-corrected chi connectivity index (χ4v) is 4.62. The Hall–Kier alpha value is -2.92. The van der Waals surface area contributed by atoms with Gasteiger partial charge in [-0.1, -0.05) is 54.6 Å². The second kappa shape index (κ2) is 7.48. The Labute approximate surface area is 177 Å². The number of para-hydroxylation sites is 3. The summed E-state index contributed by atoms with van der Waals surface area (Å²) < 4.78 is 3.21. The number of fused-ring (bicyclic) bond motifs is 1. The van der Waals surface area contributed by atoms with E-state index in [0.29, 0.717) is 13.0 Å². The highest BCUT2D eigenvalue weighted by Crippen LogP contribution is 2.36. The zero-order chi connectivity index (χ0) is 19.8. The Morgan fingerprint density at radius 2 is 1.66 bits per heavy atom. The number of rotatable bonds is 4. The Kier molecular flexibility index (Phi) is 4.68. The topological polar surface area (TPSA) is 38.1 Å². The van der Waals surface area contributed by atoms with Gasteiger partial charge in [0.1, 0.15) is 5.82 Å². The second-order valence-electron chi connectivity index (χ2n) is 7.39. The van der Waals surface area contributed by atoms with Gasteiger partial charge in [0.2, 0.25) is 5.91 Å². The lowest BCUT2D eigenvalue weighted by atomic mass is 10.1. The number of aromatic nitrogens is 2.